The molecule has 0 amide bonds. The summed E-state index contributed by atoms with van der Waals surface area (Å²) in [5.74, 6) is 2.14. The van der Waals surface area contributed by atoms with Crippen molar-refractivity contribution < 1.29 is 0 Å². The van der Waals surface area contributed by atoms with Gasteiger partial charge >= 0.3 is 0 Å². The highest BCUT2D eigenvalue weighted by Crippen LogP contribution is 2.16. The van der Waals surface area contributed by atoms with E-state index in [1.165, 1.54) is 43.5 Å². The van der Waals surface area contributed by atoms with Crippen LogP contribution in [-0.2, 0) is 12.3 Å². The molecule has 100 valence electrons. The molecule has 18 heavy (non-hydrogen) atoms. The van der Waals surface area contributed by atoms with Crippen molar-refractivity contribution in [3.8, 4) is 0 Å². The van der Waals surface area contributed by atoms with Crippen molar-refractivity contribution in [2.45, 2.75) is 31.6 Å². The summed E-state index contributed by atoms with van der Waals surface area (Å²) in [5, 5.41) is 0. The molecule has 1 aliphatic heterocycles. The van der Waals surface area contributed by atoms with Crippen LogP contribution in [0.2, 0.25) is 0 Å². The van der Waals surface area contributed by atoms with Gasteiger partial charge in [0.25, 0.3) is 0 Å². The first-order valence-electron chi connectivity index (χ1n) is 6.96. The van der Waals surface area contributed by atoms with Gasteiger partial charge in [-0.3, -0.25) is 4.90 Å². The van der Waals surface area contributed by atoms with Gasteiger partial charge in [0.1, 0.15) is 0 Å². The summed E-state index contributed by atoms with van der Waals surface area (Å²) in [6.07, 6.45) is 4.14. The first-order valence-corrected chi connectivity index (χ1v) is 8.12. The molecule has 0 radical (unpaired) electrons. The summed E-state index contributed by atoms with van der Waals surface area (Å²) in [7, 11) is 0. The van der Waals surface area contributed by atoms with Gasteiger partial charge in [-0.25, -0.2) is 0 Å². The summed E-state index contributed by atoms with van der Waals surface area (Å²) >= 11 is 1.92. The molecule has 0 saturated carbocycles. The molecule has 0 aliphatic carbocycles. The first-order chi connectivity index (χ1) is 8.88. The largest absolute Gasteiger partial charge is 0.330 e. The lowest BCUT2D eigenvalue weighted by atomic mass is 10.1. The third-order valence-corrected chi connectivity index (χ3v) is 4.44. The Balaban J connectivity index is 1.85. The van der Waals surface area contributed by atoms with Crippen LogP contribution in [0, 0.1) is 0 Å². The van der Waals surface area contributed by atoms with Crippen molar-refractivity contribution in [2.75, 3.05) is 25.4 Å². The highest BCUT2D eigenvalue weighted by Gasteiger charge is 2.10. The number of thioether (sulfide) groups is 1. The average molecular weight is 264 g/mol. The molecular formula is C15H24N2S. The molecule has 0 atom stereocenters. The average Bonchev–Trinajstić information content (AvgIpc) is 2.41. The van der Waals surface area contributed by atoms with E-state index in [-0.39, 0.29) is 0 Å². The van der Waals surface area contributed by atoms with Crippen LogP contribution in [-0.4, -0.2) is 30.3 Å². The van der Waals surface area contributed by atoms with E-state index < -0.39 is 0 Å². The highest BCUT2D eigenvalue weighted by atomic mass is 32.2. The number of nitrogens with zero attached hydrogens (tertiary/aromatic N) is 1. The summed E-state index contributed by atoms with van der Waals surface area (Å²) in [6, 6.07) is 9.03. The number of nitrogens with two attached hydrogens (primary N) is 1. The molecule has 1 aromatic rings. The molecule has 2 rings (SSSR count). The first kappa shape index (κ1) is 13.9. The minimum Gasteiger partial charge on any atom is -0.330 e. The second-order valence-corrected chi connectivity index (χ2v) is 6.10. The fraction of sp³-hybridized carbons (Fsp3) is 0.600. The van der Waals surface area contributed by atoms with Crippen LogP contribution < -0.4 is 5.73 Å². The number of likely N-dealkylation sites (tertiary alicyclic amines) is 1. The van der Waals surface area contributed by atoms with Crippen molar-refractivity contribution in [2.24, 2.45) is 5.73 Å². The van der Waals surface area contributed by atoms with Crippen LogP contribution in [0.25, 0.3) is 0 Å². The monoisotopic (exact) mass is 264 g/mol. The second-order valence-electron chi connectivity index (χ2n) is 5.00. The van der Waals surface area contributed by atoms with Crippen molar-refractivity contribution in [1.82, 2.24) is 4.90 Å². The van der Waals surface area contributed by atoms with Crippen LogP contribution in [0.4, 0.5) is 0 Å². The SMILES string of the molecule is NCCSCc1cccc(CN2CCCCC2)c1. The van der Waals surface area contributed by atoms with Gasteiger partial charge in [0, 0.05) is 24.6 Å². The van der Waals surface area contributed by atoms with Crippen LogP contribution in [0.15, 0.2) is 24.3 Å². The number of piperidine rings is 1. The highest BCUT2D eigenvalue weighted by molar-refractivity contribution is 7.98. The van der Waals surface area contributed by atoms with Gasteiger partial charge in [-0.15, -0.1) is 0 Å². The number of rotatable bonds is 6. The molecule has 1 saturated heterocycles. The Morgan fingerprint density at radius 1 is 1.11 bits per heavy atom. The summed E-state index contributed by atoms with van der Waals surface area (Å²) in [5.41, 5.74) is 8.41. The number of benzene rings is 1. The number of hydrogen-bond donors (Lipinski definition) is 1. The van der Waals surface area contributed by atoms with E-state index in [1.807, 2.05) is 11.8 Å². The van der Waals surface area contributed by atoms with E-state index in [2.05, 4.69) is 29.2 Å². The molecule has 1 fully saturated rings. The molecule has 0 unspecified atom stereocenters. The molecule has 3 heteroatoms. The van der Waals surface area contributed by atoms with E-state index in [1.54, 1.807) is 0 Å². The van der Waals surface area contributed by atoms with Crippen LogP contribution in [0.3, 0.4) is 0 Å². The Bertz CT molecular complexity index is 348. The third-order valence-electron chi connectivity index (χ3n) is 3.38. The van der Waals surface area contributed by atoms with E-state index in [0.717, 1.165) is 24.6 Å². The Labute approximate surface area is 115 Å². The quantitative estimate of drug-likeness (QED) is 0.801. The smallest absolute Gasteiger partial charge is 0.0233 e. The molecule has 2 nitrogen and oxygen atoms in total. The zero-order valence-corrected chi connectivity index (χ0v) is 11.9. The normalized spacial score (nSPS) is 16.9. The molecule has 0 aromatic heterocycles. The van der Waals surface area contributed by atoms with Crippen molar-refractivity contribution >= 4 is 11.8 Å². The summed E-state index contributed by atoms with van der Waals surface area (Å²) in [6.45, 7) is 4.44. The lowest BCUT2D eigenvalue weighted by Gasteiger charge is -2.26. The third kappa shape index (κ3) is 4.63. The maximum Gasteiger partial charge on any atom is 0.0233 e. The fourth-order valence-electron chi connectivity index (χ4n) is 2.47. The Hall–Kier alpha value is -0.510. The maximum absolute atomic E-state index is 5.52. The van der Waals surface area contributed by atoms with Gasteiger partial charge in [-0.1, -0.05) is 30.7 Å². The summed E-state index contributed by atoms with van der Waals surface area (Å²) < 4.78 is 0. The second kappa shape index (κ2) is 7.82. The van der Waals surface area contributed by atoms with E-state index in [0.29, 0.717) is 0 Å². The minimum atomic E-state index is 0.776. The lowest BCUT2D eigenvalue weighted by molar-refractivity contribution is 0.221. The Morgan fingerprint density at radius 3 is 2.67 bits per heavy atom. The van der Waals surface area contributed by atoms with Gasteiger partial charge in [0.15, 0.2) is 0 Å². The Kier molecular flexibility index (Phi) is 6.05. The predicted molar refractivity (Wildman–Crippen MR) is 80.8 cm³/mol. The molecule has 0 bridgehead atoms. The van der Waals surface area contributed by atoms with Gasteiger partial charge in [0.2, 0.25) is 0 Å². The molecule has 1 heterocycles. The fourth-order valence-corrected chi connectivity index (χ4v) is 3.19. The van der Waals surface area contributed by atoms with E-state index in [9.17, 15) is 0 Å². The van der Waals surface area contributed by atoms with Crippen LogP contribution in [0.5, 0.6) is 0 Å². The van der Waals surface area contributed by atoms with Crippen molar-refractivity contribution in [3.63, 3.8) is 0 Å². The maximum atomic E-state index is 5.52. The minimum absolute atomic E-state index is 0.776. The Morgan fingerprint density at radius 2 is 1.89 bits per heavy atom. The van der Waals surface area contributed by atoms with Crippen molar-refractivity contribution in [1.29, 1.82) is 0 Å². The zero-order chi connectivity index (χ0) is 12.6. The standard InChI is InChI=1S/C15H24N2S/c16-7-10-18-13-15-6-4-5-14(11-15)12-17-8-2-1-3-9-17/h4-6,11H,1-3,7-10,12-13,16H2. The lowest BCUT2D eigenvalue weighted by Crippen LogP contribution is -2.29. The topological polar surface area (TPSA) is 29.3 Å². The van der Waals surface area contributed by atoms with E-state index >= 15 is 0 Å². The van der Waals surface area contributed by atoms with Gasteiger partial charge in [-0.2, -0.15) is 11.8 Å². The predicted octanol–water partition coefficient (Wildman–Crippen LogP) is 2.86. The van der Waals surface area contributed by atoms with Gasteiger partial charge < -0.3 is 5.73 Å². The summed E-state index contributed by atoms with van der Waals surface area (Å²) in [4.78, 5) is 2.58. The van der Waals surface area contributed by atoms with E-state index in [4.69, 9.17) is 5.73 Å². The molecule has 1 aromatic carbocycles. The molecule has 0 spiro atoms. The van der Waals surface area contributed by atoms with Gasteiger partial charge in [-0.05, 0) is 37.1 Å². The van der Waals surface area contributed by atoms with Crippen molar-refractivity contribution in [3.05, 3.63) is 35.4 Å². The zero-order valence-electron chi connectivity index (χ0n) is 11.1. The molecule has 2 N–H and O–H groups in total. The van der Waals surface area contributed by atoms with Crippen LogP contribution >= 0.6 is 11.8 Å². The van der Waals surface area contributed by atoms with Gasteiger partial charge in [0.05, 0.1) is 0 Å². The molecule has 1 aliphatic rings. The molecular weight excluding hydrogens is 240 g/mol. The van der Waals surface area contributed by atoms with Crippen LogP contribution in [0.1, 0.15) is 30.4 Å². The number of hydrogen-bond acceptors (Lipinski definition) is 3.